The fourth-order valence-electron chi connectivity index (χ4n) is 4.89. The van der Waals surface area contributed by atoms with E-state index < -0.39 is 0 Å². The van der Waals surface area contributed by atoms with Crippen molar-refractivity contribution in [3.05, 3.63) is 48.4 Å². The van der Waals surface area contributed by atoms with Gasteiger partial charge in [-0.15, -0.1) is 0 Å². The molecule has 1 aromatic carbocycles. The zero-order valence-corrected chi connectivity index (χ0v) is 17.1. The lowest BCUT2D eigenvalue weighted by atomic mass is 9.96. The van der Waals surface area contributed by atoms with Crippen LogP contribution in [-0.2, 0) is 11.2 Å². The molecular weight excluding hydrogens is 390 g/mol. The number of furan rings is 1. The summed E-state index contributed by atoms with van der Waals surface area (Å²) in [4.78, 5) is 16.3. The van der Waals surface area contributed by atoms with Crippen LogP contribution < -0.4 is 11.1 Å². The zero-order valence-electron chi connectivity index (χ0n) is 17.1. The van der Waals surface area contributed by atoms with Gasteiger partial charge in [0.1, 0.15) is 5.76 Å². The number of carbonyl (C=O) groups excluding carboxylic acids is 1. The van der Waals surface area contributed by atoms with Crippen LogP contribution in [0.4, 0.5) is 11.5 Å². The van der Waals surface area contributed by atoms with Gasteiger partial charge in [0.25, 0.3) is 0 Å². The highest BCUT2D eigenvalue weighted by Gasteiger charge is 2.24. The van der Waals surface area contributed by atoms with Crippen molar-refractivity contribution >= 4 is 28.4 Å². The van der Waals surface area contributed by atoms with Crippen molar-refractivity contribution in [3.8, 4) is 22.5 Å². The van der Waals surface area contributed by atoms with Crippen LogP contribution in [0.15, 0.2) is 47.3 Å². The maximum absolute atomic E-state index is 11.9. The number of fused-ring (bicyclic) bond motifs is 2. The Morgan fingerprint density at radius 1 is 1.13 bits per heavy atom. The van der Waals surface area contributed by atoms with Crippen molar-refractivity contribution in [2.75, 3.05) is 11.1 Å². The number of pyridine rings is 1. The van der Waals surface area contributed by atoms with Crippen LogP contribution in [0.2, 0.25) is 0 Å². The summed E-state index contributed by atoms with van der Waals surface area (Å²) in [5.41, 5.74) is 11.3. The molecule has 4 heterocycles. The minimum atomic E-state index is -0.00411. The van der Waals surface area contributed by atoms with E-state index in [1.54, 1.807) is 6.20 Å². The second-order valence-corrected chi connectivity index (χ2v) is 8.48. The maximum atomic E-state index is 11.9. The van der Waals surface area contributed by atoms with E-state index in [4.69, 9.17) is 10.2 Å². The molecule has 31 heavy (non-hydrogen) atoms. The van der Waals surface area contributed by atoms with E-state index in [-0.39, 0.29) is 5.91 Å². The first kappa shape index (κ1) is 18.2. The number of rotatable bonds is 3. The van der Waals surface area contributed by atoms with Crippen LogP contribution in [-0.4, -0.2) is 20.7 Å². The number of anilines is 2. The molecule has 1 amide bonds. The molecule has 1 aliphatic carbocycles. The van der Waals surface area contributed by atoms with E-state index in [9.17, 15) is 4.79 Å². The molecule has 2 aliphatic rings. The number of hydrogen-bond acceptors (Lipinski definition) is 5. The van der Waals surface area contributed by atoms with E-state index in [2.05, 4.69) is 26.3 Å². The molecule has 6 rings (SSSR count). The number of hydrogen-bond donors (Lipinski definition) is 2. The second-order valence-electron chi connectivity index (χ2n) is 8.48. The van der Waals surface area contributed by atoms with Gasteiger partial charge in [-0.1, -0.05) is 31.4 Å². The fourth-order valence-corrected chi connectivity index (χ4v) is 4.89. The van der Waals surface area contributed by atoms with Crippen LogP contribution in [0.1, 0.15) is 43.7 Å². The summed E-state index contributed by atoms with van der Waals surface area (Å²) in [6.07, 6.45) is 12.4. The van der Waals surface area contributed by atoms with Gasteiger partial charge in [0.05, 0.1) is 24.3 Å². The van der Waals surface area contributed by atoms with Crippen molar-refractivity contribution < 1.29 is 9.21 Å². The average Bonchev–Trinajstić information content (AvgIpc) is 3.52. The summed E-state index contributed by atoms with van der Waals surface area (Å²) < 4.78 is 8.26. The van der Waals surface area contributed by atoms with Crippen LogP contribution in [0.3, 0.4) is 0 Å². The Morgan fingerprint density at radius 2 is 2.00 bits per heavy atom. The van der Waals surface area contributed by atoms with E-state index >= 15 is 0 Å². The number of amides is 1. The number of nitrogens with zero attached hydrogens (tertiary/aromatic N) is 3. The highest BCUT2D eigenvalue weighted by atomic mass is 16.3. The molecule has 0 saturated heterocycles. The number of carbonyl (C=O) groups is 1. The largest absolute Gasteiger partial charge is 0.452 e. The molecule has 4 aromatic rings. The Labute approximate surface area is 179 Å². The lowest BCUT2D eigenvalue weighted by Gasteiger charge is -2.21. The zero-order chi connectivity index (χ0) is 20.9. The van der Waals surface area contributed by atoms with Gasteiger partial charge in [0.2, 0.25) is 5.91 Å². The Hall–Kier alpha value is -3.61. The number of nitrogen functional groups attached to an aromatic ring is 1. The van der Waals surface area contributed by atoms with Gasteiger partial charge in [0.15, 0.2) is 11.4 Å². The molecule has 156 valence electrons. The summed E-state index contributed by atoms with van der Waals surface area (Å²) in [5.74, 6) is 1.01. The number of nitrogens with one attached hydrogen (secondary N) is 1. The van der Waals surface area contributed by atoms with Gasteiger partial charge in [-0.25, -0.2) is 4.98 Å². The van der Waals surface area contributed by atoms with Crippen molar-refractivity contribution in [1.82, 2.24) is 14.8 Å². The monoisotopic (exact) mass is 413 g/mol. The molecule has 0 unspecified atom stereocenters. The second kappa shape index (κ2) is 6.97. The number of nitrogens with two attached hydrogens (primary N) is 1. The summed E-state index contributed by atoms with van der Waals surface area (Å²) in [6, 6.07) is 8.31. The molecule has 0 bridgehead atoms. The molecule has 3 aromatic heterocycles. The SMILES string of the molecule is Nc1ncc(-c2cnn(C3CCCCC3)c2)c2cc(-c3cccc4c3NC(=O)C4)oc12. The lowest BCUT2D eigenvalue weighted by molar-refractivity contribution is -0.115. The van der Waals surface area contributed by atoms with Crippen LogP contribution in [0.5, 0.6) is 0 Å². The molecule has 7 nitrogen and oxygen atoms in total. The van der Waals surface area contributed by atoms with Gasteiger partial charge in [-0.2, -0.15) is 5.10 Å². The number of benzene rings is 1. The van der Waals surface area contributed by atoms with E-state index in [1.807, 2.05) is 30.5 Å². The molecule has 1 fully saturated rings. The van der Waals surface area contributed by atoms with E-state index in [0.717, 1.165) is 33.3 Å². The van der Waals surface area contributed by atoms with Gasteiger partial charge in [-0.05, 0) is 30.5 Å². The van der Waals surface area contributed by atoms with Gasteiger partial charge >= 0.3 is 0 Å². The fraction of sp³-hybridized carbons (Fsp3) is 0.292. The quantitative estimate of drug-likeness (QED) is 0.496. The predicted molar refractivity (Wildman–Crippen MR) is 120 cm³/mol. The summed E-state index contributed by atoms with van der Waals surface area (Å²) in [5, 5.41) is 8.49. The molecule has 1 aliphatic heterocycles. The number of para-hydroxylation sites is 1. The van der Waals surface area contributed by atoms with E-state index in [1.165, 1.54) is 32.1 Å². The van der Waals surface area contributed by atoms with Gasteiger partial charge in [-0.3, -0.25) is 9.48 Å². The maximum Gasteiger partial charge on any atom is 0.228 e. The molecule has 3 N–H and O–H groups in total. The standard InChI is InChI=1S/C24H23N5O2/c25-24-23-18(10-20(31-23)17-8-4-5-14-9-21(30)28-22(14)17)19(12-26-24)15-11-27-29(13-15)16-6-2-1-3-7-16/h4-5,8,10-13,16H,1-3,6-7,9H2,(H2,25,26)(H,28,30). The van der Waals surface area contributed by atoms with Crippen LogP contribution in [0, 0.1) is 0 Å². The highest BCUT2D eigenvalue weighted by Crippen LogP contribution is 2.41. The molecule has 0 atom stereocenters. The highest BCUT2D eigenvalue weighted by molar-refractivity contribution is 6.05. The smallest absolute Gasteiger partial charge is 0.228 e. The van der Waals surface area contributed by atoms with Crippen molar-refractivity contribution in [2.24, 2.45) is 0 Å². The molecule has 0 radical (unpaired) electrons. The first-order chi connectivity index (χ1) is 15.2. The summed E-state index contributed by atoms with van der Waals surface area (Å²) in [6.45, 7) is 0. The Bertz CT molecular complexity index is 1310. The normalized spacial score (nSPS) is 16.6. The lowest BCUT2D eigenvalue weighted by Crippen LogP contribution is -2.12. The van der Waals surface area contributed by atoms with E-state index in [0.29, 0.717) is 29.6 Å². The van der Waals surface area contributed by atoms with Crippen molar-refractivity contribution in [1.29, 1.82) is 0 Å². The number of aromatic nitrogens is 3. The third kappa shape index (κ3) is 3.00. The summed E-state index contributed by atoms with van der Waals surface area (Å²) in [7, 11) is 0. The van der Waals surface area contributed by atoms with Crippen LogP contribution in [0.25, 0.3) is 33.4 Å². The average molecular weight is 413 g/mol. The third-order valence-corrected chi connectivity index (χ3v) is 6.48. The Morgan fingerprint density at radius 3 is 2.87 bits per heavy atom. The molecule has 1 saturated carbocycles. The summed E-state index contributed by atoms with van der Waals surface area (Å²) >= 11 is 0. The van der Waals surface area contributed by atoms with Crippen molar-refractivity contribution in [3.63, 3.8) is 0 Å². The molecule has 0 spiro atoms. The molecule has 7 heteroatoms. The van der Waals surface area contributed by atoms with Gasteiger partial charge < -0.3 is 15.5 Å². The topological polar surface area (TPSA) is 99.0 Å². The Balaban J connectivity index is 1.45. The third-order valence-electron chi connectivity index (χ3n) is 6.48. The van der Waals surface area contributed by atoms with Crippen LogP contribution >= 0.6 is 0 Å². The first-order valence-electron chi connectivity index (χ1n) is 10.8. The first-order valence-corrected chi connectivity index (χ1v) is 10.8. The predicted octanol–water partition coefficient (Wildman–Crippen LogP) is 4.94. The Kier molecular flexibility index (Phi) is 4.09. The minimum absolute atomic E-state index is 0.00411. The van der Waals surface area contributed by atoms with Gasteiger partial charge in [0, 0.05) is 34.5 Å². The minimum Gasteiger partial charge on any atom is -0.452 e. The van der Waals surface area contributed by atoms with Crippen molar-refractivity contribution in [2.45, 2.75) is 44.6 Å². The molecular formula is C24H23N5O2.